The molecule has 0 aliphatic rings. The fourth-order valence-electron chi connectivity index (χ4n) is 1.71. The van der Waals surface area contributed by atoms with E-state index in [1.165, 1.54) is 0 Å². The summed E-state index contributed by atoms with van der Waals surface area (Å²) in [7, 11) is 0. The average molecular weight is 226 g/mol. The van der Waals surface area contributed by atoms with Crippen LogP contribution >= 0.6 is 0 Å². The molecule has 0 aliphatic heterocycles. The van der Waals surface area contributed by atoms with Gasteiger partial charge < -0.3 is 5.32 Å². The minimum absolute atomic E-state index is 0.108. The summed E-state index contributed by atoms with van der Waals surface area (Å²) >= 11 is 0. The third-order valence-corrected chi connectivity index (χ3v) is 2.83. The van der Waals surface area contributed by atoms with Gasteiger partial charge in [0.2, 0.25) is 0 Å². The van der Waals surface area contributed by atoms with Crippen LogP contribution < -0.4 is 5.32 Å². The predicted molar refractivity (Wildman–Crippen MR) is 70.3 cm³/mol. The second kappa shape index (κ2) is 7.49. The molecular formula is C15H18N2. The normalized spacial score (nSPS) is 13.4. The Morgan fingerprint density at radius 3 is 2.59 bits per heavy atom. The highest BCUT2D eigenvalue weighted by atomic mass is 14.9. The van der Waals surface area contributed by atoms with Gasteiger partial charge in [-0.2, -0.15) is 5.26 Å². The molecule has 0 heterocycles. The number of nitrogens with zero attached hydrogens (tertiary/aromatic N) is 1. The maximum atomic E-state index is 9.16. The minimum atomic E-state index is -0.108. The fourth-order valence-corrected chi connectivity index (χ4v) is 1.71. The second-order valence-electron chi connectivity index (χ2n) is 4.01. The molecule has 2 heteroatoms. The molecule has 0 fully saturated rings. The van der Waals surface area contributed by atoms with E-state index >= 15 is 0 Å². The number of hydrogen-bond donors (Lipinski definition) is 1. The SMILES string of the molecule is C#CCC(CC)NCC(C#N)c1ccccc1. The molecule has 0 spiro atoms. The van der Waals surface area contributed by atoms with Gasteiger partial charge in [-0.05, 0) is 12.0 Å². The lowest BCUT2D eigenvalue weighted by Crippen LogP contribution is -2.31. The van der Waals surface area contributed by atoms with Crippen molar-refractivity contribution in [1.29, 1.82) is 5.26 Å². The highest BCUT2D eigenvalue weighted by Gasteiger charge is 2.12. The molecule has 2 atom stereocenters. The van der Waals surface area contributed by atoms with Crippen LogP contribution in [0.15, 0.2) is 30.3 Å². The lowest BCUT2D eigenvalue weighted by atomic mass is 10.00. The molecule has 0 saturated carbocycles. The van der Waals surface area contributed by atoms with Crippen LogP contribution in [0.4, 0.5) is 0 Å². The minimum Gasteiger partial charge on any atom is -0.311 e. The summed E-state index contributed by atoms with van der Waals surface area (Å²) < 4.78 is 0. The third-order valence-electron chi connectivity index (χ3n) is 2.83. The molecule has 2 unspecified atom stereocenters. The number of nitrogens with one attached hydrogen (secondary N) is 1. The molecule has 0 amide bonds. The van der Waals surface area contributed by atoms with Crippen LogP contribution in [-0.4, -0.2) is 12.6 Å². The Hall–Kier alpha value is -1.77. The van der Waals surface area contributed by atoms with Crippen molar-refractivity contribution in [1.82, 2.24) is 5.32 Å². The van der Waals surface area contributed by atoms with Gasteiger partial charge in [-0.1, -0.05) is 37.3 Å². The molecule has 17 heavy (non-hydrogen) atoms. The molecule has 0 aromatic heterocycles. The molecular weight excluding hydrogens is 208 g/mol. The van der Waals surface area contributed by atoms with Crippen molar-refractivity contribution in [3.63, 3.8) is 0 Å². The van der Waals surface area contributed by atoms with E-state index in [1.54, 1.807) is 0 Å². The van der Waals surface area contributed by atoms with Crippen LogP contribution in [0.2, 0.25) is 0 Å². The summed E-state index contributed by atoms with van der Waals surface area (Å²) in [5.41, 5.74) is 1.05. The smallest absolute Gasteiger partial charge is 0.0837 e. The molecule has 88 valence electrons. The summed E-state index contributed by atoms with van der Waals surface area (Å²) in [6.45, 7) is 2.75. The van der Waals surface area contributed by atoms with Gasteiger partial charge in [0.05, 0.1) is 12.0 Å². The molecule has 1 N–H and O–H groups in total. The predicted octanol–water partition coefficient (Wildman–Crippen LogP) is 2.69. The first-order valence-electron chi connectivity index (χ1n) is 5.93. The van der Waals surface area contributed by atoms with Crippen molar-refractivity contribution in [3.05, 3.63) is 35.9 Å². The Balaban J connectivity index is 2.55. The molecule has 1 rings (SSSR count). The van der Waals surface area contributed by atoms with Gasteiger partial charge in [0.1, 0.15) is 0 Å². The van der Waals surface area contributed by atoms with Gasteiger partial charge in [0.15, 0.2) is 0 Å². The van der Waals surface area contributed by atoms with Crippen LogP contribution in [-0.2, 0) is 0 Å². The second-order valence-corrected chi connectivity index (χ2v) is 4.01. The first-order valence-corrected chi connectivity index (χ1v) is 5.93. The van der Waals surface area contributed by atoms with E-state index in [4.69, 9.17) is 11.7 Å². The number of benzene rings is 1. The van der Waals surface area contributed by atoms with E-state index in [9.17, 15) is 0 Å². The van der Waals surface area contributed by atoms with Gasteiger partial charge in [-0.3, -0.25) is 0 Å². The first-order chi connectivity index (χ1) is 8.31. The summed E-state index contributed by atoms with van der Waals surface area (Å²) in [5, 5.41) is 12.5. The highest BCUT2D eigenvalue weighted by molar-refractivity contribution is 5.25. The zero-order chi connectivity index (χ0) is 12.5. The quantitative estimate of drug-likeness (QED) is 0.757. The number of hydrogen-bond acceptors (Lipinski definition) is 2. The van der Waals surface area contributed by atoms with Crippen molar-refractivity contribution in [2.45, 2.75) is 31.7 Å². The van der Waals surface area contributed by atoms with Gasteiger partial charge in [0, 0.05) is 19.0 Å². The van der Waals surface area contributed by atoms with E-state index in [-0.39, 0.29) is 5.92 Å². The monoisotopic (exact) mass is 226 g/mol. The average Bonchev–Trinajstić information content (AvgIpc) is 2.39. The Labute approximate surface area is 104 Å². The Bertz CT molecular complexity index is 397. The van der Waals surface area contributed by atoms with Gasteiger partial charge in [0.25, 0.3) is 0 Å². The topological polar surface area (TPSA) is 35.8 Å². The van der Waals surface area contributed by atoms with Crippen molar-refractivity contribution in [2.75, 3.05) is 6.54 Å². The van der Waals surface area contributed by atoms with Crippen molar-refractivity contribution in [2.24, 2.45) is 0 Å². The summed E-state index contributed by atoms with van der Waals surface area (Å²) in [6.07, 6.45) is 6.99. The van der Waals surface area contributed by atoms with Gasteiger partial charge in [-0.15, -0.1) is 12.3 Å². The third kappa shape index (κ3) is 4.31. The van der Waals surface area contributed by atoms with Crippen LogP contribution in [0.5, 0.6) is 0 Å². The maximum Gasteiger partial charge on any atom is 0.0837 e. The van der Waals surface area contributed by atoms with E-state index in [2.05, 4.69) is 24.2 Å². The zero-order valence-corrected chi connectivity index (χ0v) is 10.2. The van der Waals surface area contributed by atoms with E-state index in [1.807, 2.05) is 30.3 Å². The molecule has 0 radical (unpaired) electrons. The molecule has 0 aliphatic carbocycles. The van der Waals surface area contributed by atoms with Crippen LogP contribution in [0, 0.1) is 23.7 Å². The Kier molecular flexibility index (Phi) is 5.86. The van der Waals surface area contributed by atoms with E-state index in [0.717, 1.165) is 12.0 Å². The number of nitriles is 1. The molecule has 1 aromatic rings. The summed E-state index contributed by atoms with van der Waals surface area (Å²) in [4.78, 5) is 0. The van der Waals surface area contributed by atoms with Gasteiger partial charge >= 0.3 is 0 Å². The lowest BCUT2D eigenvalue weighted by molar-refractivity contribution is 0.499. The lowest BCUT2D eigenvalue weighted by Gasteiger charge is -2.17. The summed E-state index contributed by atoms with van der Waals surface area (Å²) in [5.74, 6) is 2.55. The molecule has 1 aromatic carbocycles. The number of rotatable bonds is 6. The first kappa shape index (κ1) is 13.3. The molecule has 0 bridgehead atoms. The van der Waals surface area contributed by atoms with Crippen LogP contribution in [0.25, 0.3) is 0 Å². The van der Waals surface area contributed by atoms with E-state index in [0.29, 0.717) is 19.0 Å². The Morgan fingerprint density at radius 1 is 1.35 bits per heavy atom. The summed E-state index contributed by atoms with van der Waals surface area (Å²) in [6, 6.07) is 12.5. The Morgan fingerprint density at radius 2 is 2.06 bits per heavy atom. The van der Waals surface area contributed by atoms with Crippen molar-refractivity contribution >= 4 is 0 Å². The van der Waals surface area contributed by atoms with Crippen LogP contribution in [0.3, 0.4) is 0 Å². The number of terminal acetylenes is 1. The largest absolute Gasteiger partial charge is 0.311 e. The van der Waals surface area contributed by atoms with Crippen LogP contribution in [0.1, 0.15) is 31.2 Å². The van der Waals surface area contributed by atoms with Crippen molar-refractivity contribution < 1.29 is 0 Å². The molecule has 0 saturated heterocycles. The fraction of sp³-hybridized carbons (Fsp3) is 0.400. The van der Waals surface area contributed by atoms with Gasteiger partial charge in [-0.25, -0.2) is 0 Å². The van der Waals surface area contributed by atoms with Crippen molar-refractivity contribution in [3.8, 4) is 18.4 Å². The highest BCUT2D eigenvalue weighted by Crippen LogP contribution is 2.13. The standard InChI is InChI=1S/C15H18N2/c1-3-8-15(4-2)17-12-14(11-16)13-9-6-5-7-10-13/h1,5-7,9-10,14-15,17H,4,8,12H2,2H3. The zero-order valence-electron chi connectivity index (χ0n) is 10.2. The maximum absolute atomic E-state index is 9.16. The van der Waals surface area contributed by atoms with E-state index < -0.39 is 0 Å². The molecule has 2 nitrogen and oxygen atoms in total.